The van der Waals surface area contributed by atoms with Gasteiger partial charge in [0.25, 0.3) is 0 Å². The Bertz CT molecular complexity index is 875. The van der Waals surface area contributed by atoms with Crippen LogP contribution in [0.3, 0.4) is 0 Å². The molecule has 0 bridgehead atoms. The van der Waals surface area contributed by atoms with E-state index in [-0.39, 0.29) is 11.7 Å². The highest BCUT2D eigenvalue weighted by atomic mass is 19.1. The number of rotatable bonds is 6. The van der Waals surface area contributed by atoms with E-state index < -0.39 is 0 Å². The molecule has 1 saturated heterocycles. The summed E-state index contributed by atoms with van der Waals surface area (Å²) in [5.41, 5.74) is 3.89. The summed E-state index contributed by atoms with van der Waals surface area (Å²) in [6, 6.07) is 13.4. The van der Waals surface area contributed by atoms with Gasteiger partial charge >= 0.3 is 0 Å². The first-order valence-corrected chi connectivity index (χ1v) is 11.5. The standard InChI is InChI=1S/C26H33FN2O2/c1-20(30)29-14-10-21(11-15-29)12-16-31-26-9-6-23-3-2-13-28(19-24(23)17-26)18-22-4-7-25(27)8-5-22/h4-9,17,21H,2-3,10-16,18-19H2,1H3. The van der Waals surface area contributed by atoms with E-state index in [0.29, 0.717) is 5.92 Å². The van der Waals surface area contributed by atoms with Gasteiger partial charge in [0.15, 0.2) is 0 Å². The normalized spacial score (nSPS) is 17.8. The highest BCUT2D eigenvalue weighted by Crippen LogP contribution is 2.26. The number of ether oxygens (including phenoxy) is 1. The number of carbonyl (C=O) groups excluding carboxylic acids is 1. The molecular formula is C26H33FN2O2. The van der Waals surface area contributed by atoms with Crippen molar-refractivity contribution in [2.75, 3.05) is 26.2 Å². The van der Waals surface area contributed by atoms with Crippen LogP contribution in [0.4, 0.5) is 4.39 Å². The quantitative estimate of drug-likeness (QED) is 0.668. The van der Waals surface area contributed by atoms with Crippen LogP contribution in [-0.4, -0.2) is 41.9 Å². The molecule has 5 heteroatoms. The van der Waals surface area contributed by atoms with Crippen LogP contribution in [0.5, 0.6) is 5.75 Å². The molecule has 0 radical (unpaired) electrons. The maximum Gasteiger partial charge on any atom is 0.219 e. The van der Waals surface area contributed by atoms with Crippen LogP contribution in [0.2, 0.25) is 0 Å². The fourth-order valence-corrected chi connectivity index (χ4v) is 4.76. The van der Waals surface area contributed by atoms with Crippen molar-refractivity contribution in [3.05, 3.63) is 65.0 Å². The zero-order valence-corrected chi connectivity index (χ0v) is 18.5. The minimum absolute atomic E-state index is 0.184. The van der Waals surface area contributed by atoms with Crippen LogP contribution in [-0.2, 0) is 24.3 Å². The van der Waals surface area contributed by atoms with E-state index in [4.69, 9.17) is 4.74 Å². The fourth-order valence-electron chi connectivity index (χ4n) is 4.76. The number of amides is 1. The van der Waals surface area contributed by atoms with E-state index in [1.807, 2.05) is 17.0 Å². The number of nitrogens with zero attached hydrogens (tertiary/aromatic N) is 2. The van der Waals surface area contributed by atoms with E-state index in [0.717, 1.165) is 82.7 Å². The van der Waals surface area contributed by atoms with E-state index in [2.05, 4.69) is 23.1 Å². The minimum Gasteiger partial charge on any atom is -0.494 e. The highest BCUT2D eigenvalue weighted by molar-refractivity contribution is 5.73. The number of benzene rings is 2. The summed E-state index contributed by atoms with van der Waals surface area (Å²) >= 11 is 0. The van der Waals surface area contributed by atoms with Crippen molar-refractivity contribution in [3.63, 3.8) is 0 Å². The third-order valence-corrected chi connectivity index (χ3v) is 6.67. The molecule has 1 amide bonds. The second-order valence-corrected chi connectivity index (χ2v) is 8.96. The van der Waals surface area contributed by atoms with Gasteiger partial charge in [0.05, 0.1) is 6.61 Å². The van der Waals surface area contributed by atoms with E-state index >= 15 is 0 Å². The highest BCUT2D eigenvalue weighted by Gasteiger charge is 2.21. The number of hydrogen-bond donors (Lipinski definition) is 0. The lowest BCUT2D eigenvalue weighted by Gasteiger charge is -2.31. The number of likely N-dealkylation sites (tertiary alicyclic amines) is 1. The van der Waals surface area contributed by atoms with Crippen LogP contribution in [0, 0.1) is 11.7 Å². The molecule has 166 valence electrons. The summed E-state index contributed by atoms with van der Waals surface area (Å²) in [5.74, 6) is 1.59. The van der Waals surface area contributed by atoms with Gasteiger partial charge in [0.1, 0.15) is 11.6 Å². The van der Waals surface area contributed by atoms with Crippen molar-refractivity contribution in [1.29, 1.82) is 0 Å². The minimum atomic E-state index is -0.184. The predicted molar refractivity (Wildman–Crippen MR) is 120 cm³/mol. The SMILES string of the molecule is CC(=O)N1CCC(CCOc2ccc3c(c2)CN(Cc2ccc(F)cc2)CCC3)CC1. The summed E-state index contributed by atoms with van der Waals surface area (Å²) in [7, 11) is 0. The second-order valence-electron chi connectivity index (χ2n) is 8.96. The van der Waals surface area contributed by atoms with Gasteiger partial charge in [0, 0.05) is 33.1 Å². The fraction of sp³-hybridized carbons (Fsp3) is 0.500. The molecule has 2 aliphatic heterocycles. The van der Waals surface area contributed by atoms with E-state index in [1.54, 1.807) is 6.92 Å². The number of piperidine rings is 1. The molecule has 0 aromatic heterocycles. The van der Waals surface area contributed by atoms with Crippen LogP contribution in [0.25, 0.3) is 0 Å². The first-order chi connectivity index (χ1) is 15.1. The van der Waals surface area contributed by atoms with Gasteiger partial charge in [-0.3, -0.25) is 9.69 Å². The van der Waals surface area contributed by atoms with Gasteiger partial charge in [-0.1, -0.05) is 18.2 Å². The van der Waals surface area contributed by atoms with Crippen molar-refractivity contribution in [2.24, 2.45) is 5.92 Å². The van der Waals surface area contributed by atoms with Crippen molar-refractivity contribution >= 4 is 5.91 Å². The zero-order valence-electron chi connectivity index (χ0n) is 18.5. The maximum atomic E-state index is 13.2. The third kappa shape index (κ3) is 6.07. The molecular weight excluding hydrogens is 391 g/mol. The van der Waals surface area contributed by atoms with Gasteiger partial charge in [-0.15, -0.1) is 0 Å². The number of fused-ring (bicyclic) bond motifs is 1. The molecule has 1 fully saturated rings. The molecule has 2 aromatic rings. The third-order valence-electron chi connectivity index (χ3n) is 6.67. The summed E-state index contributed by atoms with van der Waals surface area (Å²) < 4.78 is 19.3. The molecule has 31 heavy (non-hydrogen) atoms. The molecule has 0 spiro atoms. The van der Waals surface area contributed by atoms with Crippen LogP contribution in [0.1, 0.15) is 49.3 Å². The molecule has 2 aliphatic rings. The first-order valence-electron chi connectivity index (χ1n) is 11.5. The monoisotopic (exact) mass is 424 g/mol. The lowest BCUT2D eigenvalue weighted by atomic mass is 9.94. The average molecular weight is 425 g/mol. The molecule has 2 aromatic carbocycles. The number of carbonyl (C=O) groups is 1. The van der Waals surface area contributed by atoms with Gasteiger partial charge in [0.2, 0.25) is 5.91 Å². The van der Waals surface area contributed by atoms with Crippen molar-refractivity contribution in [1.82, 2.24) is 9.80 Å². The average Bonchev–Trinajstić information content (AvgIpc) is 2.97. The van der Waals surface area contributed by atoms with Gasteiger partial charge in [-0.05, 0) is 85.5 Å². The first kappa shape index (κ1) is 21.8. The van der Waals surface area contributed by atoms with Gasteiger partial charge in [-0.25, -0.2) is 4.39 Å². The lowest BCUT2D eigenvalue weighted by Crippen LogP contribution is -2.37. The van der Waals surface area contributed by atoms with E-state index in [9.17, 15) is 9.18 Å². The van der Waals surface area contributed by atoms with E-state index in [1.165, 1.54) is 23.3 Å². The van der Waals surface area contributed by atoms with Crippen LogP contribution >= 0.6 is 0 Å². The molecule has 0 unspecified atom stereocenters. The predicted octanol–water partition coefficient (Wildman–Crippen LogP) is 4.80. The van der Waals surface area contributed by atoms with Gasteiger partial charge < -0.3 is 9.64 Å². The molecule has 4 rings (SSSR count). The molecule has 4 nitrogen and oxygen atoms in total. The molecule has 0 saturated carbocycles. The number of halogens is 1. The van der Waals surface area contributed by atoms with Crippen molar-refractivity contribution in [2.45, 2.75) is 52.1 Å². The Morgan fingerprint density at radius 1 is 1.06 bits per heavy atom. The Morgan fingerprint density at radius 3 is 2.58 bits per heavy atom. The molecule has 0 aliphatic carbocycles. The van der Waals surface area contributed by atoms with Crippen molar-refractivity contribution in [3.8, 4) is 5.75 Å². The largest absolute Gasteiger partial charge is 0.494 e. The van der Waals surface area contributed by atoms with Crippen LogP contribution in [0.15, 0.2) is 42.5 Å². The molecule has 0 N–H and O–H groups in total. The molecule has 2 heterocycles. The topological polar surface area (TPSA) is 32.8 Å². The summed E-state index contributed by atoms with van der Waals surface area (Å²) in [6.45, 7) is 6.91. The maximum absolute atomic E-state index is 13.2. The Kier molecular flexibility index (Phi) is 7.23. The van der Waals surface area contributed by atoms with Crippen molar-refractivity contribution < 1.29 is 13.9 Å². The summed E-state index contributed by atoms with van der Waals surface area (Å²) in [4.78, 5) is 15.9. The Morgan fingerprint density at radius 2 is 1.84 bits per heavy atom. The smallest absolute Gasteiger partial charge is 0.219 e. The summed E-state index contributed by atoms with van der Waals surface area (Å²) in [6.07, 6.45) is 5.41. The lowest BCUT2D eigenvalue weighted by molar-refractivity contribution is -0.130. The Hall–Kier alpha value is -2.40. The molecule has 0 atom stereocenters. The Balaban J connectivity index is 1.30. The zero-order chi connectivity index (χ0) is 21.6. The summed E-state index contributed by atoms with van der Waals surface area (Å²) in [5, 5.41) is 0. The van der Waals surface area contributed by atoms with Gasteiger partial charge in [-0.2, -0.15) is 0 Å². The second kappa shape index (κ2) is 10.3. The van der Waals surface area contributed by atoms with Crippen LogP contribution < -0.4 is 4.74 Å². The Labute approximate surface area is 185 Å². The number of hydrogen-bond acceptors (Lipinski definition) is 3. The number of aryl methyl sites for hydroxylation is 1.